The van der Waals surface area contributed by atoms with Crippen molar-refractivity contribution in [3.8, 4) is 11.4 Å². The first kappa shape index (κ1) is 15.2. The zero-order valence-corrected chi connectivity index (χ0v) is 14.3. The smallest absolute Gasteiger partial charge is 0.321 e. The van der Waals surface area contributed by atoms with Gasteiger partial charge in [0.15, 0.2) is 5.82 Å². The van der Waals surface area contributed by atoms with Gasteiger partial charge in [0.2, 0.25) is 5.13 Å². The summed E-state index contributed by atoms with van der Waals surface area (Å²) in [6, 6.07) is 9.41. The maximum absolute atomic E-state index is 12.3. The molecule has 1 atom stereocenters. The Bertz CT molecular complexity index is 814. The molecule has 8 heteroatoms. The van der Waals surface area contributed by atoms with Crippen molar-refractivity contribution in [1.29, 1.82) is 0 Å². The van der Waals surface area contributed by atoms with E-state index in [1.54, 1.807) is 17.5 Å². The summed E-state index contributed by atoms with van der Waals surface area (Å²) in [6.45, 7) is 0. The van der Waals surface area contributed by atoms with Crippen molar-refractivity contribution < 1.29 is 4.79 Å². The van der Waals surface area contributed by atoms with Crippen LogP contribution in [0.3, 0.4) is 0 Å². The Morgan fingerprint density at radius 1 is 1.25 bits per heavy atom. The van der Waals surface area contributed by atoms with Gasteiger partial charge >= 0.3 is 6.03 Å². The number of carbonyl (C=O) groups is 1. The number of hydrogen-bond acceptors (Lipinski definition) is 6. The molecule has 0 unspecified atom stereocenters. The average Bonchev–Trinajstić information content (AvgIpc) is 3.10. The zero-order chi connectivity index (χ0) is 16.4. The first-order chi connectivity index (χ1) is 11.8. The number of carbonyl (C=O) groups excluding carboxylic acids is 1. The minimum absolute atomic E-state index is 0.0217. The summed E-state index contributed by atoms with van der Waals surface area (Å²) in [6.07, 6.45) is 4.02. The Kier molecular flexibility index (Phi) is 4.22. The summed E-state index contributed by atoms with van der Waals surface area (Å²) < 4.78 is 4.29. The summed E-state index contributed by atoms with van der Waals surface area (Å²) in [4.78, 5) is 21.0. The van der Waals surface area contributed by atoms with Gasteiger partial charge in [-0.15, -0.1) is 11.3 Å². The van der Waals surface area contributed by atoms with Crippen LogP contribution in [0, 0.1) is 5.92 Å². The quantitative estimate of drug-likeness (QED) is 0.725. The van der Waals surface area contributed by atoms with Gasteiger partial charge < -0.3 is 5.32 Å². The second-order valence-corrected chi connectivity index (χ2v) is 7.25. The fraction of sp³-hybridized carbons (Fsp3) is 0.250. The van der Waals surface area contributed by atoms with Crippen molar-refractivity contribution in [2.45, 2.75) is 18.9 Å². The number of nitrogens with zero attached hydrogens (tertiary/aromatic N) is 3. The molecule has 1 fully saturated rings. The first-order valence-electron chi connectivity index (χ1n) is 7.65. The number of nitrogens with one attached hydrogen (secondary N) is 2. The van der Waals surface area contributed by atoms with E-state index in [4.69, 9.17) is 0 Å². The molecule has 2 N–H and O–H groups in total. The van der Waals surface area contributed by atoms with Gasteiger partial charge in [0, 0.05) is 28.7 Å². The Morgan fingerprint density at radius 2 is 2.08 bits per heavy atom. The summed E-state index contributed by atoms with van der Waals surface area (Å²) >= 11 is 2.75. The van der Waals surface area contributed by atoms with E-state index in [9.17, 15) is 4.79 Å². The maximum atomic E-state index is 12.3. The van der Waals surface area contributed by atoms with Crippen LogP contribution in [0.1, 0.15) is 23.9 Å². The predicted molar refractivity (Wildman–Crippen MR) is 95.1 cm³/mol. The summed E-state index contributed by atoms with van der Waals surface area (Å²) in [5.41, 5.74) is 0.931. The maximum Gasteiger partial charge on any atom is 0.321 e. The van der Waals surface area contributed by atoms with Crippen molar-refractivity contribution in [2.24, 2.45) is 5.92 Å². The molecule has 1 saturated carbocycles. The molecular formula is C16H15N5OS2. The highest BCUT2D eigenvalue weighted by Gasteiger charge is 2.35. The molecule has 0 saturated heterocycles. The van der Waals surface area contributed by atoms with Crippen LogP contribution in [-0.2, 0) is 0 Å². The Balaban J connectivity index is 1.42. The predicted octanol–water partition coefficient (Wildman–Crippen LogP) is 3.93. The molecule has 0 aliphatic heterocycles. The fourth-order valence-electron chi connectivity index (χ4n) is 2.45. The third-order valence-corrected chi connectivity index (χ3v) is 5.27. The van der Waals surface area contributed by atoms with E-state index < -0.39 is 0 Å². The molecule has 1 aliphatic rings. The SMILES string of the molecule is O=C(Nc1nc(-c2ccccc2)ns1)N[C@@H](c1nccs1)C1CC1. The minimum Gasteiger partial charge on any atom is -0.328 e. The topological polar surface area (TPSA) is 79.8 Å². The third kappa shape index (κ3) is 3.44. The summed E-state index contributed by atoms with van der Waals surface area (Å²) in [5, 5.41) is 9.17. The Labute approximate surface area is 147 Å². The molecule has 2 aromatic heterocycles. The highest BCUT2D eigenvalue weighted by molar-refractivity contribution is 7.10. The largest absolute Gasteiger partial charge is 0.328 e. The average molecular weight is 357 g/mol. The standard InChI is InChI=1S/C16H15N5OS2/c22-15(18-12(10-6-7-10)14-17-8-9-23-14)20-16-19-13(21-24-16)11-4-2-1-3-5-11/h1-5,8-10,12H,6-7H2,(H2,18,19,20,21,22)/t12-/m1/s1. The number of hydrogen-bond donors (Lipinski definition) is 2. The van der Waals surface area contributed by atoms with Crippen LogP contribution < -0.4 is 10.6 Å². The van der Waals surface area contributed by atoms with Gasteiger partial charge in [0.1, 0.15) is 5.01 Å². The number of amides is 2. The fourth-order valence-corrected chi connectivity index (χ4v) is 3.82. The van der Waals surface area contributed by atoms with Gasteiger partial charge in [-0.3, -0.25) is 5.32 Å². The lowest BCUT2D eigenvalue weighted by Crippen LogP contribution is -2.33. The van der Waals surface area contributed by atoms with Gasteiger partial charge in [0.25, 0.3) is 0 Å². The van der Waals surface area contributed by atoms with Crippen molar-refractivity contribution >= 4 is 34.0 Å². The van der Waals surface area contributed by atoms with Crippen molar-refractivity contribution in [3.05, 3.63) is 46.9 Å². The van der Waals surface area contributed by atoms with Crippen LogP contribution in [0.15, 0.2) is 41.9 Å². The number of urea groups is 1. The van der Waals surface area contributed by atoms with Gasteiger partial charge in [0.05, 0.1) is 6.04 Å². The third-order valence-electron chi connectivity index (χ3n) is 3.78. The van der Waals surface area contributed by atoms with Crippen molar-refractivity contribution in [1.82, 2.24) is 19.7 Å². The van der Waals surface area contributed by atoms with Crippen LogP contribution in [-0.4, -0.2) is 20.4 Å². The number of thiazole rings is 1. The van der Waals surface area contributed by atoms with E-state index in [1.165, 1.54) is 11.5 Å². The lowest BCUT2D eigenvalue weighted by molar-refractivity contribution is 0.247. The highest BCUT2D eigenvalue weighted by Crippen LogP contribution is 2.41. The van der Waals surface area contributed by atoms with E-state index in [2.05, 4.69) is 25.0 Å². The van der Waals surface area contributed by atoms with Crippen LogP contribution >= 0.6 is 22.9 Å². The number of benzene rings is 1. The Hall–Kier alpha value is -2.32. The molecule has 2 amide bonds. The van der Waals surface area contributed by atoms with Crippen LogP contribution in [0.2, 0.25) is 0 Å². The zero-order valence-electron chi connectivity index (χ0n) is 12.7. The second-order valence-electron chi connectivity index (χ2n) is 5.57. The summed E-state index contributed by atoms with van der Waals surface area (Å²) in [7, 11) is 0. The van der Waals surface area contributed by atoms with E-state index in [0.29, 0.717) is 16.9 Å². The molecule has 4 rings (SSSR count). The number of rotatable bonds is 5. The number of aromatic nitrogens is 3. The van der Waals surface area contributed by atoms with E-state index >= 15 is 0 Å². The lowest BCUT2D eigenvalue weighted by Gasteiger charge is -2.15. The van der Waals surface area contributed by atoms with Gasteiger partial charge in [-0.25, -0.2) is 9.78 Å². The van der Waals surface area contributed by atoms with E-state index in [-0.39, 0.29) is 12.1 Å². The van der Waals surface area contributed by atoms with Crippen LogP contribution in [0.4, 0.5) is 9.93 Å². The van der Waals surface area contributed by atoms with Gasteiger partial charge in [-0.2, -0.15) is 9.36 Å². The monoisotopic (exact) mass is 357 g/mol. The molecular weight excluding hydrogens is 342 g/mol. The molecule has 0 spiro atoms. The Morgan fingerprint density at radius 3 is 2.79 bits per heavy atom. The van der Waals surface area contributed by atoms with Crippen molar-refractivity contribution in [3.63, 3.8) is 0 Å². The van der Waals surface area contributed by atoms with Gasteiger partial charge in [-0.1, -0.05) is 30.3 Å². The molecule has 1 aromatic carbocycles. The summed E-state index contributed by atoms with van der Waals surface area (Å²) in [5.74, 6) is 1.10. The lowest BCUT2D eigenvalue weighted by atomic mass is 10.2. The highest BCUT2D eigenvalue weighted by atomic mass is 32.1. The molecule has 3 aromatic rings. The van der Waals surface area contributed by atoms with Crippen LogP contribution in [0.25, 0.3) is 11.4 Å². The molecule has 6 nitrogen and oxygen atoms in total. The molecule has 122 valence electrons. The molecule has 0 bridgehead atoms. The molecule has 24 heavy (non-hydrogen) atoms. The molecule has 2 heterocycles. The molecule has 1 aliphatic carbocycles. The van der Waals surface area contributed by atoms with Gasteiger partial charge in [-0.05, 0) is 18.8 Å². The van der Waals surface area contributed by atoms with E-state index in [0.717, 1.165) is 23.4 Å². The van der Waals surface area contributed by atoms with Crippen LogP contribution in [0.5, 0.6) is 0 Å². The first-order valence-corrected chi connectivity index (χ1v) is 9.31. The van der Waals surface area contributed by atoms with E-state index in [1.807, 2.05) is 35.7 Å². The minimum atomic E-state index is -0.266. The normalized spacial score (nSPS) is 15.0. The molecule has 0 radical (unpaired) electrons. The number of anilines is 1. The van der Waals surface area contributed by atoms with Crippen molar-refractivity contribution in [2.75, 3.05) is 5.32 Å². The second kappa shape index (κ2) is 6.66.